The Labute approximate surface area is 118 Å². The van der Waals surface area contributed by atoms with Gasteiger partial charge in [-0.2, -0.15) is 0 Å². The van der Waals surface area contributed by atoms with Gasteiger partial charge in [-0.25, -0.2) is 9.78 Å². The first-order chi connectivity index (χ1) is 9.03. The largest absolute Gasteiger partial charge is 0.396 e. The zero-order chi connectivity index (χ0) is 14.1. The number of aromatic nitrogens is 1. The molecule has 1 heterocycles. The van der Waals surface area contributed by atoms with Crippen LogP contribution in [0.5, 0.6) is 0 Å². The molecule has 3 N–H and O–H groups in total. The SMILES string of the molecule is CC(C)(CO)CCCNC(=O)NCCc1cscn1. The van der Waals surface area contributed by atoms with Gasteiger partial charge < -0.3 is 15.7 Å². The average Bonchev–Trinajstić information content (AvgIpc) is 2.88. The molecule has 0 aromatic carbocycles. The topological polar surface area (TPSA) is 74.2 Å². The second-order valence-corrected chi connectivity index (χ2v) is 6.06. The first kappa shape index (κ1) is 15.9. The van der Waals surface area contributed by atoms with Crippen molar-refractivity contribution in [2.24, 2.45) is 5.41 Å². The number of carbonyl (C=O) groups is 1. The first-order valence-corrected chi connectivity index (χ1v) is 7.47. The molecule has 0 spiro atoms. The maximum absolute atomic E-state index is 11.5. The number of nitrogens with one attached hydrogen (secondary N) is 2. The van der Waals surface area contributed by atoms with Gasteiger partial charge in [0.15, 0.2) is 0 Å². The summed E-state index contributed by atoms with van der Waals surface area (Å²) in [6.45, 7) is 5.43. The molecule has 0 aliphatic heterocycles. The highest BCUT2D eigenvalue weighted by Gasteiger charge is 2.15. The minimum absolute atomic E-state index is 0.0667. The Balaban J connectivity index is 2.02. The minimum Gasteiger partial charge on any atom is -0.396 e. The van der Waals surface area contributed by atoms with Crippen LogP contribution in [0.25, 0.3) is 0 Å². The summed E-state index contributed by atoms with van der Waals surface area (Å²) in [5, 5.41) is 16.7. The number of thiazole rings is 1. The van der Waals surface area contributed by atoms with Crippen LogP contribution >= 0.6 is 11.3 Å². The van der Waals surface area contributed by atoms with E-state index in [0.29, 0.717) is 13.1 Å². The highest BCUT2D eigenvalue weighted by Crippen LogP contribution is 2.20. The summed E-state index contributed by atoms with van der Waals surface area (Å²) in [6, 6.07) is -0.142. The van der Waals surface area contributed by atoms with Crippen LogP contribution in [-0.2, 0) is 6.42 Å². The predicted octanol–water partition coefficient (Wildman–Crippen LogP) is 1.78. The van der Waals surface area contributed by atoms with Gasteiger partial charge >= 0.3 is 6.03 Å². The van der Waals surface area contributed by atoms with Gasteiger partial charge in [0.2, 0.25) is 0 Å². The molecule has 0 aliphatic rings. The van der Waals surface area contributed by atoms with E-state index in [0.717, 1.165) is 25.0 Å². The number of aliphatic hydroxyl groups is 1. The summed E-state index contributed by atoms with van der Waals surface area (Å²) in [4.78, 5) is 15.6. The van der Waals surface area contributed by atoms with Crippen molar-refractivity contribution < 1.29 is 9.90 Å². The third-order valence-corrected chi connectivity index (χ3v) is 3.53. The van der Waals surface area contributed by atoms with E-state index < -0.39 is 0 Å². The molecule has 2 amide bonds. The van der Waals surface area contributed by atoms with Crippen LogP contribution in [0, 0.1) is 5.41 Å². The van der Waals surface area contributed by atoms with Crippen LogP contribution in [0.1, 0.15) is 32.4 Å². The lowest BCUT2D eigenvalue weighted by Crippen LogP contribution is -2.37. The fourth-order valence-corrected chi connectivity index (χ4v) is 2.17. The molecule has 0 aliphatic carbocycles. The number of urea groups is 1. The van der Waals surface area contributed by atoms with Gasteiger partial charge in [0.25, 0.3) is 0 Å². The van der Waals surface area contributed by atoms with Crippen LogP contribution in [0.15, 0.2) is 10.9 Å². The molecule has 0 saturated heterocycles. The Morgan fingerprint density at radius 2 is 2.16 bits per heavy atom. The molecule has 19 heavy (non-hydrogen) atoms. The Morgan fingerprint density at radius 1 is 1.42 bits per heavy atom. The van der Waals surface area contributed by atoms with Gasteiger partial charge in [-0.1, -0.05) is 13.8 Å². The number of rotatable bonds is 8. The lowest BCUT2D eigenvalue weighted by Gasteiger charge is -2.21. The van der Waals surface area contributed by atoms with Gasteiger partial charge in [0.1, 0.15) is 0 Å². The number of amides is 2. The summed E-state index contributed by atoms with van der Waals surface area (Å²) in [6.07, 6.45) is 2.52. The molecule has 0 bridgehead atoms. The number of aliphatic hydroxyl groups excluding tert-OH is 1. The highest BCUT2D eigenvalue weighted by atomic mass is 32.1. The lowest BCUT2D eigenvalue weighted by molar-refractivity contribution is 0.148. The van der Waals surface area contributed by atoms with Gasteiger partial charge in [-0.3, -0.25) is 0 Å². The van der Waals surface area contributed by atoms with Crippen molar-refractivity contribution in [2.75, 3.05) is 19.7 Å². The van der Waals surface area contributed by atoms with E-state index in [1.807, 2.05) is 19.2 Å². The third-order valence-electron chi connectivity index (χ3n) is 2.89. The maximum atomic E-state index is 11.5. The van der Waals surface area contributed by atoms with E-state index in [2.05, 4.69) is 15.6 Å². The predicted molar refractivity (Wildman–Crippen MR) is 77.3 cm³/mol. The molecule has 1 aromatic heterocycles. The van der Waals surface area contributed by atoms with Crippen LogP contribution in [0.4, 0.5) is 4.79 Å². The molecule has 5 nitrogen and oxygen atoms in total. The Bertz CT molecular complexity index is 366. The Hall–Kier alpha value is -1.14. The number of nitrogens with zero attached hydrogens (tertiary/aromatic N) is 1. The Morgan fingerprint density at radius 3 is 2.79 bits per heavy atom. The third kappa shape index (κ3) is 7.12. The molecule has 0 radical (unpaired) electrons. The normalized spacial score (nSPS) is 11.3. The lowest BCUT2D eigenvalue weighted by atomic mass is 9.89. The van der Waals surface area contributed by atoms with Gasteiger partial charge in [0.05, 0.1) is 11.2 Å². The van der Waals surface area contributed by atoms with Crippen molar-refractivity contribution in [1.82, 2.24) is 15.6 Å². The molecule has 0 unspecified atom stereocenters. The van der Waals surface area contributed by atoms with Crippen LogP contribution in [-0.4, -0.2) is 35.8 Å². The average molecular weight is 285 g/mol. The highest BCUT2D eigenvalue weighted by molar-refractivity contribution is 7.07. The van der Waals surface area contributed by atoms with Crippen LogP contribution in [0.2, 0.25) is 0 Å². The van der Waals surface area contributed by atoms with Crippen LogP contribution in [0.3, 0.4) is 0 Å². The van der Waals surface area contributed by atoms with Gasteiger partial charge in [-0.15, -0.1) is 11.3 Å². The monoisotopic (exact) mass is 285 g/mol. The molecule has 0 saturated carbocycles. The number of hydrogen-bond donors (Lipinski definition) is 3. The summed E-state index contributed by atoms with van der Waals surface area (Å²) in [5.74, 6) is 0. The van der Waals surface area contributed by atoms with E-state index in [-0.39, 0.29) is 18.1 Å². The fraction of sp³-hybridized carbons (Fsp3) is 0.692. The zero-order valence-electron chi connectivity index (χ0n) is 11.6. The molecule has 108 valence electrons. The molecule has 6 heteroatoms. The van der Waals surface area contributed by atoms with Crippen molar-refractivity contribution >= 4 is 17.4 Å². The quantitative estimate of drug-likeness (QED) is 0.637. The van der Waals surface area contributed by atoms with Gasteiger partial charge in [-0.05, 0) is 18.3 Å². The minimum atomic E-state index is -0.142. The van der Waals surface area contributed by atoms with E-state index in [4.69, 9.17) is 5.11 Å². The molecule has 0 atom stereocenters. The van der Waals surface area contributed by atoms with Crippen molar-refractivity contribution in [3.63, 3.8) is 0 Å². The van der Waals surface area contributed by atoms with E-state index in [1.54, 1.807) is 16.8 Å². The Kier molecular flexibility index (Phi) is 6.80. The fourth-order valence-electron chi connectivity index (χ4n) is 1.58. The second kappa shape index (κ2) is 8.12. The van der Waals surface area contributed by atoms with Crippen molar-refractivity contribution in [3.05, 3.63) is 16.6 Å². The maximum Gasteiger partial charge on any atom is 0.314 e. The van der Waals surface area contributed by atoms with E-state index in [1.165, 1.54) is 0 Å². The van der Waals surface area contributed by atoms with E-state index >= 15 is 0 Å². The molecule has 1 rings (SSSR count). The molecule has 1 aromatic rings. The molecular formula is C13H23N3O2S. The molecular weight excluding hydrogens is 262 g/mol. The number of carbonyl (C=O) groups excluding carboxylic acids is 1. The van der Waals surface area contributed by atoms with Crippen molar-refractivity contribution in [1.29, 1.82) is 0 Å². The summed E-state index contributed by atoms with van der Waals surface area (Å²) >= 11 is 1.56. The van der Waals surface area contributed by atoms with Crippen molar-refractivity contribution in [2.45, 2.75) is 33.1 Å². The van der Waals surface area contributed by atoms with E-state index in [9.17, 15) is 4.79 Å². The van der Waals surface area contributed by atoms with Crippen molar-refractivity contribution in [3.8, 4) is 0 Å². The summed E-state index contributed by atoms with van der Waals surface area (Å²) in [5.41, 5.74) is 2.73. The first-order valence-electron chi connectivity index (χ1n) is 6.53. The second-order valence-electron chi connectivity index (χ2n) is 5.34. The van der Waals surface area contributed by atoms with Crippen LogP contribution < -0.4 is 10.6 Å². The summed E-state index contributed by atoms with van der Waals surface area (Å²) < 4.78 is 0. The van der Waals surface area contributed by atoms with Gasteiger partial charge in [0, 0.05) is 31.5 Å². The summed E-state index contributed by atoms with van der Waals surface area (Å²) in [7, 11) is 0. The standard InChI is InChI=1S/C13H23N3O2S/c1-13(2,9-17)5-3-6-14-12(18)15-7-4-11-8-19-10-16-11/h8,10,17H,3-7,9H2,1-2H3,(H2,14,15,18). The smallest absolute Gasteiger partial charge is 0.314 e. The molecule has 0 fully saturated rings. The zero-order valence-corrected chi connectivity index (χ0v) is 12.4. The number of hydrogen-bond acceptors (Lipinski definition) is 4.